The van der Waals surface area contributed by atoms with Crippen molar-refractivity contribution < 1.29 is 27.5 Å². The third kappa shape index (κ3) is 3.95. The molecule has 3 rings (SSSR count). The number of methoxy groups -OCH3 is 1. The molecule has 12 heteroatoms. The van der Waals surface area contributed by atoms with E-state index in [2.05, 4.69) is 10.2 Å². The van der Waals surface area contributed by atoms with Gasteiger partial charge < -0.3 is 9.47 Å². The number of esters is 1. The van der Waals surface area contributed by atoms with E-state index in [0.29, 0.717) is 9.91 Å². The summed E-state index contributed by atoms with van der Waals surface area (Å²) in [6.07, 6.45) is -1.11. The van der Waals surface area contributed by atoms with Gasteiger partial charge in [-0.2, -0.15) is 0 Å². The second-order valence-corrected chi connectivity index (χ2v) is 11.9. The lowest BCUT2D eigenvalue weighted by molar-refractivity contribution is -0.167. The van der Waals surface area contributed by atoms with Gasteiger partial charge in [0.2, 0.25) is 0 Å². The number of carbonyl (C=O) groups is 2. The first kappa shape index (κ1) is 21.2. The van der Waals surface area contributed by atoms with Crippen molar-refractivity contribution in [1.29, 1.82) is 0 Å². The third-order valence-electron chi connectivity index (χ3n) is 4.04. The van der Waals surface area contributed by atoms with Crippen LogP contribution < -0.4 is 0 Å². The molecule has 0 spiro atoms. The molecule has 0 aliphatic carbocycles. The number of carbonyl (C=O) groups excluding carboxylic acids is 2. The Bertz CT molecular complexity index is 947. The molecule has 0 saturated carbocycles. The highest BCUT2D eigenvalue weighted by molar-refractivity contribution is 8.01. The van der Waals surface area contributed by atoms with Crippen LogP contribution in [-0.4, -0.2) is 71.1 Å². The summed E-state index contributed by atoms with van der Waals surface area (Å²) < 4.78 is 36.6. The Hall–Kier alpha value is -1.50. The fourth-order valence-corrected chi connectivity index (χ4v) is 6.96. The maximum atomic E-state index is 12.8. The number of hydrogen-bond donors (Lipinski definition) is 0. The van der Waals surface area contributed by atoms with E-state index in [9.17, 15) is 18.0 Å². The fraction of sp³-hybridized carbons (Fsp3) is 0.625. The minimum absolute atomic E-state index is 0.0122. The van der Waals surface area contributed by atoms with E-state index in [1.807, 2.05) is 6.92 Å². The molecule has 1 aromatic heterocycles. The van der Waals surface area contributed by atoms with Crippen molar-refractivity contribution >= 4 is 44.8 Å². The number of rotatable bonds is 5. The van der Waals surface area contributed by atoms with Crippen LogP contribution in [0.4, 0.5) is 0 Å². The lowest BCUT2D eigenvalue weighted by Gasteiger charge is -2.48. The van der Waals surface area contributed by atoms with Crippen molar-refractivity contribution in [3.8, 4) is 0 Å². The van der Waals surface area contributed by atoms with E-state index in [1.54, 1.807) is 20.8 Å². The summed E-state index contributed by atoms with van der Waals surface area (Å²) in [5.74, 6) is -1.46. The van der Waals surface area contributed by atoms with Crippen LogP contribution in [0.1, 0.15) is 25.8 Å². The number of fused-ring (bicyclic) bond motifs is 1. The molecule has 1 unspecified atom stereocenters. The van der Waals surface area contributed by atoms with Crippen molar-refractivity contribution in [3.63, 3.8) is 0 Å². The predicted octanol–water partition coefficient (Wildman–Crippen LogP) is 1.15. The smallest absolute Gasteiger partial charge is 0.355 e. The lowest BCUT2D eigenvalue weighted by atomic mass is 10.1. The van der Waals surface area contributed by atoms with Crippen LogP contribution >= 0.6 is 23.1 Å². The zero-order valence-corrected chi connectivity index (χ0v) is 18.5. The van der Waals surface area contributed by atoms with E-state index in [1.165, 1.54) is 30.2 Å². The van der Waals surface area contributed by atoms with Crippen LogP contribution in [0.3, 0.4) is 0 Å². The highest BCUT2D eigenvalue weighted by Gasteiger charge is 2.60. The van der Waals surface area contributed by atoms with Crippen LogP contribution in [0.25, 0.3) is 0 Å². The third-order valence-corrected chi connectivity index (χ3v) is 8.04. The van der Waals surface area contributed by atoms with Crippen LogP contribution in [0.5, 0.6) is 0 Å². The first-order valence-corrected chi connectivity index (χ1v) is 11.9. The Morgan fingerprint density at radius 3 is 2.57 bits per heavy atom. The molecule has 0 bridgehead atoms. The van der Waals surface area contributed by atoms with E-state index >= 15 is 0 Å². The molecule has 1 amide bonds. The summed E-state index contributed by atoms with van der Waals surface area (Å²) >= 11 is 2.64. The SMILES string of the molecule is CO[C@H]1C(=O)N2C(C(=O)OC(C)(C)C)=C(CSc3nnc(C)s3)CS(=O)(=O)C12. The van der Waals surface area contributed by atoms with Gasteiger partial charge in [-0.3, -0.25) is 9.69 Å². The van der Waals surface area contributed by atoms with Crippen molar-refractivity contribution in [2.45, 2.75) is 49.1 Å². The van der Waals surface area contributed by atoms with Gasteiger partial charge in [0.15, 0.2) is 25.7 Å². The van der Waals surface area contributed by atoms with Gasteiger partial charge in [-0.05, 0) is 33.3 Å². The van der Waals surface area contributed by atoms with Gasteiger partial charge in [0.25, 0.3) is 5.91 Å². The molecule has 2 aliphatic rings. The summed E-state index contributed by atoms with van der Waals surface area (Å²) in [6.45, 7) is 6.93. The normalized spacial score (nSPS) is 24.0. The number of amides is 1. The molecule has 28 heavy (non-hydrogen) atoms. The van der Waals surface area contributed by atoms with Crippen molar-refractivity contribution in [3.05, 3.63) is 16.3 Å². The molecule has 3 heterocycles. The minimum Gasteiger partial charge on any atom is -0.455 e. The second-order valence-electron chi connectivity index (χ2n) is 7.39. The maximum Gasteiger partial charge on any atom is 0.355 e. The number of nitrogens with zero attached hydrogens (tertiary/aromatic N) is 3. The van der Waals surface area contributed by atoms with Gasteiger partial charge in [-0.25, -0.2) is 13.2 Å². The van der Waals surface area contributed by atoms with E-state index in [4.69, 9.17) is 9.47 Å². The minimum atomic E-state index is -3.71. The van der Waals surface area contributed by atoms with Crippen LogP contribution in [0.15, 0.2) is 15.6 Å². The number of aryl methyl sites for hydroxylation is 1. The summed E-state index contributed by atoms with van der Waals surface area (Å²) in [7, 11) is -2.43. The highest BCUT2D eigenvalue weighted by Crippen LogP contribution is 2.40. The van der Waals surface area contributed by atoms with Gasteiger partial charge in [0, 0.05) is 12.9 Å². The Morgan fingerprint density at radius 1 is 1.36 bits per heavy atom. The molecule has 1 fully saturated rings. The van der Waals surface area contributed by atoms with Crippen molar-refractivity contribution in [2.75, 3.05) is 18.6 Å². The molecule has 154 valence electrons. The Kier molecular flexibility index (Phi) is 5.60. The molecule has 0 aromatic carbocycles. The molecular formula is C16H21N3O6S3. The summed E-state index contributed by atoms with van der Waals surface area (Å²) in [4.78, 5) is 26.3. The number of sulfone groups is 1. The van der Waals surface area contributed by atoms with Gasteiger partial charge >= 0.3 is 5.97 Å². The predicted molar refractivity (Wildman–Crippen MR) is 103 cm³/mol. The van der Waals surface area contributed by atoms with E-state index < -0.39 is 38.8 Å². The molecule has 0 N–H and O–H groups in total. The Morgan fingerprint density at radius 2 is 2.04 bits per heavy atom. The molecule has 2 aliphatic heterocycles. The monoisotopic (exact) mass is 447 g/mol. The van der Waals surface area contributed by atoms with Gasteiger partial charge in [0.1, 0.15) is 16.3 Å². The lowest BCUT2D eigenvalue weighted by Crippen LogP contribution is -2.70. The van der Waals surface area contributed by atoms with Crippen molar-refractivity contribution in [1.82, 2.24) is 15.1 Å². The van der Waals surface area contributed by atoms with Gasteiger partial charge in [-0.15, -0.1) is 10.2 Å². The highest BCUT2D eigenvalue weighted by atomic mass is 32.2. The number of thioether (sulfide) groups is 1. The zero-order chi connectivity index (χ0) is 20.9. The maximum absolute atomic E-state index is 12.8. The molecular weight excluding hydrogens is 426 g/mol. The largest absolute Gasteiger partial charge is 0.455 e. The quantitative estimate of drug-likeness (QED) is 0.372. The summed E-state index contributed by atoms with van der Waals surface area (Å²) in [6, 6.07) is 0. The molecule has 0 radical (unpaired) electrons. The van der Waals surface area contributed by atoms with Gasteiger partial charge in [0.05, 0.1) is 5.75 Å². The topological polar surface area (TPSA) is 116 Å². The Labute approximate surface area is 171 Å². The molecule has 1 saturated heterocycles. The first-order valence-electron chi connectivity index (χ1n) is 8.40. The summed E-state index contributed by atoms with van der Waals surface area (Å²) in [5.41, 5.74) is -0.493. The number of β-lactam (4-membered cyclic amide) rings is 1. The Balaban J connectivity index is 1.99. The molecule has 1 aromatic rings. The zero-order valence-electron chi connectivity index (χ0n) is 16.1. The number of hydrogen-bond acceptors (Lipinski definition) is 10. The first-order chi connectivity index (χ1) is 12.9. The average molecular weight is 448 g/mol. The van der Waals surface area contributed by atoms with Crippen LogP contribution in [-0.2, 0) is 28.9 Å². The van der Waals surface area contributed by atoms with Crippen molar-refractivity contribution in [2.24, 2.45) is 0 Å². The second kappa shape index (κ2) is 7.39. The number of ether oxygens (including phenoxy) is 2. The van der Waals surface area contributed by atoms with E-state index in [-0.39, 0.29) is 17.2 Å². The van der Waals surface area contributed by atoms with Crippen LogP contribution in [0, 0.1) is 6.92 Å². The average Bonchev–Trinajstić information content (AvgIpc) is 2.97. The van der Waals surface area contributed by atoms with E-state index in [0.717, 1.165) is 9.91 Å². The number of aromatic nitrogens is 2. The van der Waals surface area contributed by atoms with Gasteiger partial charge in [-0.1, -0.05) is 23.1 Å². The van der Waals surface area contributed by atoms with Crippen LogP contribution in [0.2, 0.25) is 0 Å². The summed E-state index contributed by atoms with van der Waals surface area (Å²) in [5, 5.41) is 7.50. The molecule has 2 atom stereocenters. The standard InChI is InChI=1S/C16H21N3O6S3/c1-8-17-18-15(27-8)26-6-9-7-28(22,23)13-11(24-5)12(20)19(13)10(9)14(21)25-16(2,3)4/h11,13H,6-7H2,1-5H3/t11-,13?/m0/s1. The molecule has 9 nitrogen and oxygen atoms in total. The fourth-order valence-electron chi connectivity index (χ4n) is 2.97.